The summed E-state index contributed by atoms with van der Waals surface area (Å²) in [4.78, 5) is 24.5. The van der Waals surface area contributed by atoms with Crippen LogP contribution in [0.3, 0.4) is 0 Å². The van der Waals surface area contributed by atoms with Gasteiger partial charge in [0.05, 0.1) is 5.75 Å². The number of nitrogens with one attached hydrogen (secondary N) is 1. The Bertz CT molecular complexity index is 903. The van der Waals surface area contributed by atoms with Gasteiger partial charge in [-0.15, -0.1) is 0 Å². The van der Waals surface area contributed by atoms with Gasteiger partial charge in [-0.05, 0) is 105 Å². The van der Waals surface area contributed by atoms with Gasteiger partial charge in [-0.2, -0.15) is 8.42 Å². The Morgan fingerprint density at radius 3 is 2.47 bits per heavy atom. The molecule has 194 valence electrons. The minimum absolute atomic E-state index is 0.135. The van der Waals surface area contributed by atoms with Crippen molar-refractivity contribution in [3.8, 4) is 0 Å². The van der Waals surface area contributed by atoms with Crippen LogP contribution in [-0.2, 0) is 19.7 Å². The van der Waals surface area contributed by atoms with Gasteiger partial charge in [0, 0.05) is 25.3 Å². The van der Waals surface area contributed by atoms with Crippen molar-refractivity contribution in [2.24, 2.45) is 46.3 Å². The van der Waals surface area contributed by atoms with Crippen LogP contribution >= 0.6 is 0 Å². The second kappa shape index (κ2) is 9.49. The molecule has 0 bridgehead atoms. The molecule has 0 saturated heterocycles. The maximum Gasteiger partial charge on any atom is 0.266 e. The highest BCUT2D eigenvalue weighted by Gasteiger charge is 2.60. The Morgan fingerprint density at radius 2 is 1.76 bits per heavy atom. The van der Waals surface area contributed by atoms with Crippen molar-refractivity contribution in [1.29, 1.82) is 0 Å². The Balaban J connectivity index is 1.36. The third kappa shape index (κ3) is 4.98. The highest BCUT2D eigenvalue weighted by atomic mass is 32.2. The van der Waals surface area contributed by atoms with Gasteiger partial charge in [-0.3, -0.25) is 14.1 Å². The van der Waals surface area contributed by atoms with E-state index < -0.39 is 21.9 Å². The lowest BCUT2D eigenvalue weighted by Gasteiger charge is -2.60. The van der Waals surface area contributed by atoms with Crippen molar-refractivity contribution in [1.82, 2.24) is 5.32 Å². The minimum Gasteiger partial charge on any atom is -0.353 e. The fourth-order valence-corrected chi connectivity index (χ4v) is 10.0. The van der Waals surface area contributed by atoms with E-state index in [1.807, 2.05) is 0 Å². The molecule has 6 nitrogen and oxygen atoms in total. The summed E-state index contributed by atoms with van der Waals surface area (Å²) >= 11 is 0. The molecule has 0 aliphatic heterocycles. The number of hydrogen-bond donors (Lipinski definition) is 2. The molecule has 0 heterocycles. The Hall–Kier alpha value is -0.950. The van der Waals surface area contributed by atoms with Gasteiger partial charge in [-0.1, -0.05) is 20.8 Å². The van der Waals surface area contributed by atoms with Gasteiger partial charge in [0.25, 0.3) is 10.1 Å². The normalized spacial score (nSPS) is 41.7. The monoisotopic (exact) mass is 495 g/mol. The molecule has 4 saturated carbocycles. The molecule has 4 rings (SSSR count). The SMILES string of the molecule is CC(CS(=O)(=O)O)NC(=O)CCC(C)C1CCC2C3CCC4CC(=O)CCC4(C)C3CCC12C. The zero-order chi connectivity index (χ0) is 24.9. The molecule has 4 fully saturated rings. The first kappa shape index (κ1) is 26.1. The summed E-state index contributed by atoms with van der Waals surface area (Å²) in [6.45, 7) is 8.92. The third-order valence-corrected chi connectivity index (χ3v) is 11.9. The Kier molecular flexibility index (Phi) is 7.29. The minimum atomic E-state index is -4.09. The smallest absolute Gasteiger partial charge is 0.266 e. The topological polar surface area (TPSA) is 101 Å². The van der Waals surface area contributed by atoms with Gasteiger partial charge >= 0.3 is 0 Å². The number of carbonyl (C=O) groups excluding carboxylic acids is 2. The lowest BCUT2D eigenvalue weighted by molar-refractivity contribution is -0.140. The molecule has 4 aliphatic carbocycles. The largest absolute Gasteiger partial charge is 0.353 e. The number of fused-ring (bicyclic) bond motifs is 5. The van der Waals surface area contributed by atoms with E-state index in [9.17, 15) is 18.0 Å². The highest BCUT2D eigenvalue weighted by Crippen LogP contribution is 2.68. The molecule has 0 spiro atoms. The van der Waals surface area contributed by atoms with Crippen molar-refractivity contribution in [2.75, 3.05) is 5.75 Å². The first-order valence-corrected chi connectivity index (χ1v) is 15.2. The molecule has 0 aromatic rings. The zero-order valence-corrected chi connectivity index (χ0v) is 22.3. The van der Waals surface area contributed by atoms with Crippen molar-refractivity contribution in [3.05, 3.63) is 0 Å². The second-order valence-electron chi connectivity index (χ2n) is 12.9. The Labute approximate surface area is 206 Å². The zero-order valence-electron chi connectivity index (χ0n) is 21.5. The number of carbonyl (C=O) groups is 2. The summed E-state index contributed by atoms with van der Waals surface area (Å²) in [6.07, 6.45) is 11.5. The van der Waals surface area contributed by atoms with Crippen molar-refractivity contribution < 1.29 is 22.6 Å². The van der Waals surface area contributed by atoms with E-state index in [0.29, 0.717) is 40.8 Å². The molecule has 9 atom stereocenters. The summed E-state index contributed by atoms with van der Waals surface area (Å²) in [7, 11) is -4.09. The summed E-state index contributed by atoms with van der Waals surface area (Å²) in [6, 6.07) is -0.590. The summed E-state index contributed by atoms with van der Waals surface area (Å²) in [5.41, 5.74) is 0.682. The van der Waals surface area contributed by atoms with Crippen LogP contribution in [0.25, 0.3) is 0 Å². The van der Waals surface area contributed by atoms with Crippen LogP contribution in [0.4, 0.5) is 0 Å². The van der Waals surface area contributed by atoms with Crippen LogP contribution in [-0.4, -0.2) is 36.5 Å². The summed E-state index contributed by atoms with van der Waals surface area (Å²) < 4.78 is 31.0. The van der Waals surface area contributed by atoms with Crippen LogP contribution in [0.1, 0.15) is 98.3 Å². The number of Topliss-reactive ketones (excluding diaryl/α,β-unsaturated/α-hetero) is 1. The van der Waals surface area contributed by atoms with Crippen LogP contribution in [0.15, 0.2) is 0 Å². The second-order valence-corrected chi connectivity index (χ2v) is 14.4. The van der Waals surface area contributed by atoms with E-state index >= 15 is 0 Å². The molecule has 0 aromatic carbocycles. The van der Waals surface area contributed by atoms with E-state index in [2.05, 4.69) is 26.1 Å². The Morgan fingerprint density at radius 1 is 1.06 bits per heavy atom. The predicted octanol–water partition coefficient (Wildman–Crippen LogP) is 5.02. The van der Waals surface area contributed by atoms with E-state index in [1.54, 1.807) is 6.92 Å². The lowest BCUT2D eigenvalue weighted by Crippen LogP contribution is -2.53. The van der Waals surface area contributed by atoms with Crippen molar-refractivity contribution in [3.63, 3.8) is 0 Å². The predicted molar refractivity (Wildman–Crippen MR) is 133 cm³/mol. The molecular formula is C27H45NO5S. The maximum atomic E-state index is 12.4. The van der Waals surface area contributed by atoms with Gasteiger partial charge < -0.3 is 5.32 Å². The van der Waals surface area contributed by atoms with Crippen LogP contribution in [0, 0.1) is 46.3 Å². The van der Waals surface area contributed by atoms with Gasteiger partial charge in [0.15, 0.2) is 0 Å². The first-order valence-electron chi connectivity index (χ1n) is 13.6. The number of amides is 1. The molecule has 4 aliphatic rings. The lowest BCUT2D eigenvalue weighted by atomic mass is 9.44. The number of rotatable bonds is 7. The van der Waals surface area contributed by atoms with Gasteiger partial charge in [0.1, 0.15) is 5.78 Å². The van der Waals surface area contributed by atoms with Gasteiger partial charge in [-0.25, -0.2) is 0 Å². The number of hydrogen-bond acceptors (Lipinski definition) is 4. The molecule has 34 heavy (non-hydrogen) atoms. The quantitative estimate of drug-likeness (QED) is 0.483. The van der Waals surface area contributed by atoms with E-state index in [0.717, 1.165) is 43.4 Å². The van der Waals surface area contributed by atoms with E-state index in [-0.39, 0.29) is 5.91 Å². The average molecular weight is 496 g/mol. The first-order chi connectivity index (χ1) is 15.8. The van der Waals surface area contributed by atoms with Gasteiger partial charge in [0.2, 0.25) is 5.91 Å². The van der Waals surface area contributed by atoms with Crippen molar-refractivity contribution >= 4 is 21.8 Å². The maximum absolute atomic E-state index is 12.4. The fourth-order valence-electron chi connectivity index (χ4n) is 9.29. The van der Waals surface area contributed by atoms with Crippen LogP contribution < -0.4 is 5.32 Å². The van der Waals surface area contributed by atoms with E-state index in [4.69, 9.17) is 4.55 Å². The molecule has 2 N–H and O–H groups in total. The van der Waals surface area contributed by atoms with Crippen LogP contribution in [0.5, 0.6) is 0 Å². The average Bonchev–Trinajstić information content (AvgIpc) is 3.08. The molecular weight excluding hydrogens is 450 g/mol. The van der Waals surface area contributed by atoms with E-state index in [1.165, 1.54) is 38.5 Å². The molecule has 9 unspecified atom stereocenters. The molecule has 7 heteroatoms. The summed E-state index contributed by atoms with van der Waals surface area (Å²) in [5.74, 6) is 3.88. The fraction of sp³-hybridized carbons (Fsp3) is 0.926. The summed E-state index contributed by atoms with van der Waals surface area (Å²) in [5, 5.41) is 2.72. The number of ketones is 1. The van der Waals surface area contributed by atoms with Crippen molar-refractivity contribution in [2.45, 2.75) is 104 Å². The highest BCUT2D eigenvalue weighted by molar-refractivity contribution is 7.85. The van der Waals surface area contributed by atoms with Crippen LogP contribution in [0.2, 0.25) is 0 Å². The molecule has 1 amide bonds. The molecule has 0 aromatic heterocycles. The third-order valence-electron chi connectivity index (χ3n) is 10.9. The molecule has 0 radical (unpaired) electrons. The standard InChI is InChI=1S/C27H45NO5S/c1-17(5-10-25(30)28-18(2)16-34(31,32)33)22-8-9-23-21-7-6-19-15-20(29)11-13-26(19,3)24(21)12-14-27(22,23)4/h17-19,21-24H,5-16H2,1-4H3,(H,28,30)(H,31,32,33).